The fraction of sp³-hybridized carbons (Fsp3) is 0.154. The van der Waals surface area contributed by atoms with Gasteiger partial charge in [0.05, 0.1) is 0 Å². The highest BCUT2D eigenvalue weighted by Gasteiger charge is 2.15. The van der Waals surface area contributed by atoms with E-state index in [1.165, 1.54) is 0 Å². The van der Waals surface area contributed by atoms with Crippen molar-refractivity contribution in [1.29, 1.82) is 0 Å². The number of aromatic nitrogens is 2. The second-order valence-corrected chi connectivity index (χ2v) is 9.03. The monoisotopic (exact) mass is 472 g/mol. The van der Waals surface area contributed by atoms with E-state index in [2.05, 4.69) is 20.8 Å². The van der Waals surface area contributed by atoms with E-state index in [1.54, 1.807) is 24.3 Å². The molecule has 0 aliphatic heterocycles. The Kier molecular flexibility index (Phi) is 6.98. The van der Waals surface area contributed by atoms with Crippen LogP contribution in [-0.2, 0) is 6.61 Å². The zero-order valence-electron chi connectivity index (χ0n) is 19.1. The van der Waals surface area contributed by atoms with Crippen molar-refractivity contribution in [1.82, 2.24) is 10.2 Å². The van der Waals surface area contributed by atoms with E-state index in [0.717, 1.165) is 39.5 Å². The first kappa shape index (κ1) is 23.1. The number of carbonyl (C=O) groups is 2. The first-order valence-corrected chi connectivity index (χ1v) is 11.5. The Balaban J connectivity index is 1.37. The third-order valence-electron chi connectivity index (χ3n) is 4.91. The first-order chi connectivity index (χ1) is 16.4. The number of aryl methyl sites for hydroxylation is 3. The lowest BCUT2D eigenvalue weighted by Gasteiger charge is -2.09. The summed E-state index contributed by atoms with van der Waals surface area (Å²) < 4.78 is 5.70. The highest BCUT2D eigenvalue weighted by atomic mass is 32.1. The van der Waals surface area contributed by atoms with Gasteiger partial charge in [-0.1, -0.05) is 41.2 Å². The molecule has 1 heterocycles. The molecule has 0 unspecified atom stereocenters. The fourth-order valence-electron chi connectivity index (χ4n) is 3.36. The molecule has 8 heteroatoms. The van der Waals surface area contributed by atoms with Gasteiger partial charge in [-0.15, -0.1) is 10.2 Å². The van der Waals surface area contributed by atoms with Crippen molar-refractivity contribution in [2.75, 3.05) is 10.6 Å². The van der Waals surface area contributed by atoms with Crippen molar-refractivity contribution in [2.24, 2.45) is 0 Å². The van der Waals surface area contributed by atoms with Gasteiger partial charge in [0.1, 0.15) is 12.4 Å². The zero-order valence-corrected chi connectivity index (χ0v) is 19.9. The van der Waals surface area contributed by atoms with Gasteiger partial charge in [0.25, 0.3) is 11.8 Å². The molecule has 172 valence electrons. The predicted octanol–water partition coefficient (Wildman–Crippen LogP) is 5.55. The maximum atomic E-state index is 12.7. The molecule has 4 rings (SSSR count). The van der Waals surface area contributed by atoms with Gasteiger partial charge >= 0.3 is 0 Å². The molecule has 34 heavy (non-hydrogen) atoms. The van der Waals surface area contributed by atoms with Gasteiger partial charge in [-0.3, -0.25) is 9.59 Å². The molecule has 2 N–H and O–H groups in total. The van der Waals surface area contributed by atoms with Crippen molar-refractivity contribution in [3.05, 3.63) is 99.0 Å². The van der Waals surface area contributed by atoms with Crippen molar-refractivity contribution in [2.45, 2.75) is 27.4 Å². The third-order valence-corrected chi connectivity index (χ3v) is 5.80. The Morgan fingerprint density at radius 1 is 0.794 bits per heavy atom. The number of anilines is 2. The van der Waals surface area contributed by atoms with Crippen LogP contribution in [0.2, 0.25) is 0 Å². The topological polar surface area (TPSA) is 93.2 Å². The molecule has 0 saturated carbocycles. The quantitative estimate of drug-likeness (QED) is 0.368. The molecule has 0 aliphatic carbocycles. The van der Waals surface area contributed by atoms with E-state index < -0.39 is 5.91 Å². The molecule has 0 fully saturated rings. The summed E-state index contributed by atoms with van der Waals surface area (Å²) in [6.45, 7) is 6.19. The highest BCUT2D eigenvalue weighted by molar-refractivity contribution is 7.13. The summed E-state index contributed by atoms with van der Waals surface area (Å²) in [5.41, 5.74) is 4.93. The number of nitrogens with zero attached hydrogens (tertiary/aromatic N) is 2. The van der Waals surface area contributed by atoms with Crippen molar-refractivity contribution < 1.29 is 14.3 Å². The number of nitrogens with one attached hydrogen (secondary N) is 2. The number of ether oxygens (including phenoxy) is 1. The lowest BCUT2D eigenvalue weighted by molar-refractivity contribution is 0.101. The number of hydrogen-bond donors (Lipinski definition) is 2. The molecule has 0 bridgehead atoms. The van der Waals surface area contributed by atoms with Gasteiger partial charge in [0, 0.05) is 16.9 Å². The maximum absolute atomic E-state index is 12.7. The molecule has 0 radical (unpaired) electrons. The van der Waals surface area contributed by atoms with Crippen LogP contribution in [0.5, 0.6) is 5.75 Å². The average molecular weight is 473 g/mol. The summed E-state index contributed by atoms with van der Waals surface area (Å²) in [7, 11) is 0. The van der Waals surface area contributed by atoms with Gasteiger partial charge in [0.2, 0.25) is 5.01 Å². The maximum Gasteiger partial charge on any atom is 0.286 e. The largest absolute Gasteiger partial charge is 0.486 e. The van der Waals surface area contributed by atoms with Crippen LogP contribution in [0.3, 0.4) is 0 Å². The standard InChI is InChI=1S/C26H24N4O3S/c1-16-7-9-22(10-8-16)33-15-23-29-30-26(34-23)25(32)27-20-6-4-5-19(14-20)24(31)28-21-12-17(2)11-18(3)13-21/h4-14H,15H2,1-3H3,(H,27,32)(H,28,31). The average Bonchev–Trinajstić information content (AvgIpc) is 3.27. The fourth-order valence-corrected chi connectivity index (χ4v) is 4.00. The van der Waals surface area contributed by atoms with Gasteiger partial charge in [0.15, 0.2) is 5.01 Å². The molecular formula is C26H24N4O3S. The Labute approximate surface area is 201 Å². The summed E-state index contributed by atoms with van der Waals surface area (Å²) in [5.74, 6) is 0.0706. The number of hydrogen-bond acceptors (Lipinski definition) is 6. The molecule has 1 aromatic heterocycles. The molecule has 0 saturated heterocycles. The molecule has 2 amide bonds. The minimum absolute atomic E-state index is 0.215. The third kappa shape index (κ3) is 6.05. The zero-order chi connectivity index (χ0) is 24.1. The smallest absolute Gasteiger partial charge is 0.286 e. The van der Waals surface area contributed by atoms with E-state index >= 15 is 0 Å². The van der Waals surface area contributed by atoms with E-state index in [9.17, 15) is 9.59 Å². The Morgan fingerprint density at radius 2 is 1.50 bits per heavy atom. The van der Waals surface area contributed by atoms with E-state index in [-0.39, 0.29) is 17.5 Å². The second kappa shape index (κ2) is 10.3. The first-order valence-electron chi connectivity index (χ1n) is 10.7. The summed E-state index contributed by atoms with van der Waals surface area (Å²) >= 11 is 1.16. The second-order valence-electron chi connectivity index (χ2n) is 7.97. The molecular weight excluding hydrogens is 448 g/mol. The van der Waals surface area contributed by atoms with Crippen LogP contribution in [0.15, 0.2) is 66.7 Å². The number of carbonyl (C=O) groups excluding carboxylic acids is 2. The van der Waals surface area contributed by atoms with Crippen LogP contribution >= 0.6 is 11.3 Å². The molecule has 0 spiro atoms. The van der Waals surface area contributed by atoms with Crippen molar-refractivity contribution in [3.8, 4) is 5.75 Å². The van der Waals surface area contributed by atoms with Crippen molar-refractivity contribution >= 4 is 34.5 Å². The lowest BCUT2D eigenvalue weighted by Crippen LogP contribution is -2.14. The van der Waals surface area contributed by atoms with E-state index in [4.69, 9.17) is 4.74 Å². The predicted molar refractivity (Wildman–Crippen MR) is 134 cm³/mol. The number of amides is 2. The van der Waals surface area contributed by atoms with Crippen LogP contribution in [0.4, 0.5) is 11.4 Å². The molecule has 7 nitrogen and oxygen atoms in total. The Hall–Kier alpha value is -4.04. The van der Waals surface area contributed by atoms with Crippen LogP contribution < -0.4 is 15.4 Å². The van der Waals surface area contributed by atoms with E-state index in [1.807, 2.05) is 63.2 Å². The van der Waals surface area contributed by atoms with Gasteiger partial charge in [-0.2, -0.15) is 0 Å². The van der Waals surface area contributed by atoms with Gasteiger partial charge in [-0.05, 0) is 74.4 Å². The van der Waals surface area contributed by atoms with Crippen LogP contribution in [0.25, 0.3) is 0 Å². The number of benzene rings is 3. The molecule has 0 atom stereocenters. The van der Waals surface area contributed by atoms with Crippen molar-refractivity contribution in [3.63, 3.8) is 0 Å². The highest BCUT2D eigenvalue weighted by Crippen LogP contribution is 2.19. The lowest BCUT2D eigenvalue weighted by atomic mass is 10.1. The SMILES string of the molecule is Cc1ccc(OCc2nnc(C(=O)Nc3cccc(C(=O)Nc4cc(C)cc(C)c4)c3)s2)cc1. The minimum Gasteiger partial charge on any atom is -0.486 e. The summed E-state index contributed by atoms with van der Waals surface area (Å²) in [6, 6.07) is 20.3. The normalized spacial score (nSPS) is 10.6. The van der Waals surface area contributed by atoms with E-state index in [0.29, 0.717) is 16.3 Å². The van der Waals surface area contributed by atoms with Crippen LogP contribution in [0, 0.1) is 20.8 Å². The molecule has 4 aromatic rings. The molecule has 0 aliphatic rings. The summed E-state index contributed by atoms with van der Waals surface area (Å²) in [4.78, 5) is 25.3. The van der Waals surface area contributed by atoms with Crippen LogP contribution in [-0.4, -0.2) is 22.0 Å². The Morgan fingerprint density at radius 3 is 2.24 bits per heavy atom. The number of rotatable bonds is 7. The summed E-state index contributed by atoms with van der Waals surface area (Å²) in [6.07, 6.45) is 0. The minimum atomic E-state index is -0.397. The Bertz CT molecular complexity index is 1310. The summed E-state index contributed by atoms with van der Waals surface area (Å²) in [5, 5.41) is 14.5. The van der Waals surface area contributed by atoms with Gasteiger partial charge < -0.3 is 15.4 Å². The van der Waals surface area contributed by atoms with Crippen LogP contribution in [0.1, 0.15) is 41.9 Å². The molecule has 3 aromatic carbocycles. The van der Waals surface area contributed by atoms with Gasteiger partial charge in [-0.25, -0.2) is 0 Å².